The lowest BCUT2D eigenvalue weighted by Gasteiger charge is -2.02. The Balaban J connectivity index is 2.69. The summed E-state index contributed by atoms with van der Waals surface area (Å²) in [5.74, 6) is -0.0357. The molecule has 0 atom stereocenters. The van der Waals surface area contributed by atoms with Crippen LogP contribution in [0.15, 0.2) is 6.20 Å². The van der Waals surface area contributed by atoms with Crippen molar-refractivity contribution in [2.24, 2.45) is 0 Å². The summed E-state index contributed by atoms with van der Waals surface area (Å²) >= 11 is 0. The Bertz CT molecular complexity index is 312. The van der Waals surface area contributed by atoms with Crippen LogP contribution in [0.5, 0.6) is 0 Å². The number of aryl methyl sites for hydroxylation is 1. The fourth-order valence-electron chi connectivity index (χ4n) is 1.34. The van der Waals surface area contributed by atoms with Gasteiger partial charge in [0.2, 0.25) is 0 Å². The Morgan fingerprint density at radius 2 is 2.21 bits per heavy atom. The van der Waals surface area contributed by atoms with Crippen LogP contribution in [-0.2, 0) is 6.42 Å². The van der Waals surface area contributed by atoms with E-state index >= 15 is 0 Å². The van der Waals surface area contributed by atoms with Crippen molar-refractivity contribution in [2.45, 2.75) is 39.5 Å². The third-order valence-corrected chi connectivity index (χ3v) is 2.10. The maximum atomic E-state index is 11.2. The Labute approximate surface area is 83.7 Å². The molecule has 4 heteroatoms. The summed E-state index contributed by atoms with van der Waals surface area (Å²) in [5.41, 5.74) is 1.39. The van der Waals surface area contributed by atoms with Crippen LogP contribution in [0.4, 0.5) is 0 Å². The van der Waals surface area contributed by atoms with Gasteiger partial charge in [0.25, 0.3) is 0 Å². The van der Waals surface area contributed by atoms with Gasteiger partial charge < -0.3 is 0 Å². The minimum Gasteiger partial charge on any atom is -0.293 e. The van der Waals surface area contributed by atoms with Gasteiger partial charge in [-0.25, -0.2) is 0 Å². The summed E-state index contributed by atoms with van der Waals surface area (Å²) in [6.07, 6.45) is 5.91. The predicted molar refractivity (Wildman–Crippen MR) is 53.1 cm³/mol. The molecule has 1 aromatic heterocycles. The SMILES string of the molecule is CCCCCc1cnnnc1C(C)=O. The van der Waals surface area contributed by atoms with Gasteiger partial charge >= 0.3 is 0 Å². The molecule has 1 rings (SSSR count). The molecule has 76 valence electrons. The first-order chi connectivity index (χ1) is 6.75. The number of aromatic nitrogens is 3. The van der Waals surface area contributed by atoms with Crippen LogP contribution in [0.25, 0.3) is 0 Å². The minimum absolute atomic E-state index is 0.0357. The molecule has 0 aliphatic carbocycles. The zero-order valence-corrected chi connectivity index (χ0v) is 8.66. The van der Waals surface area contributed by atoms with E-state index in [-0.39, 0.29) is 5.78 Å². The molecular formula is C10H15N3O. The second-order valence-electron chi connectivity index (χ2n) is 3.32. The molecule has 0 amide bonds. The third kappa shape index (κ3) is 2.87. The largest absolute Gasteiger partial charge is 0.293 e. The van der Waals surface area contributed by atoms with Gasteiger partial charge in [0.05, 0.1) is 6.20 Å². The van der Waals surface area contributed by atoms with Gasteiger partial charge in [-0.3, -0.25) is 4.79 Å². The van der Waals surface area contributed by atoms with E-state index < -0.39 is 0 Å². The van der Waals surface area contributed by atoms with E-state index in [1.807, 2.05) is 0 Å². The quantitative estimate of drug-likeness (QED) is 0.528. The van der Waals surface area contributed by atoms with Gasteiger partial charge in [0, 0.05) is 12.5 Å². The maximum absolute atomic E-state index is 11.2. The number of rotatable bonds is 5. The predicted octanol–water partition coefficient (Wildman–Crippen LogP) is 1.81. The lowest BCUT2D eigenvalue weighted by atomic mass is 10.1. The Morgan fingerprint density at radius 1 is 1.43 bits per heavy atom. The molecule has 0 aliphatic heterocycles. The van der Waals surface area contributed by atoms with E-state index in [1.54, 1.807) is 6.20 Å². The van der Waals surface area contributed by atoms with Crippen LogP contribution in [0.3, 0.4) is 0 Å². The first-order valence-electron chi connectivity index (χ1n) is 4.94. The Morgan fingerprint density at radius 3 is 2.86 bits per heavy atom. The molecule has 4 nitrogen and oxygen atoms in total. The summed E-state index contributed by atoms with van der Waals surface area (Å²) in [5, 5.41) is 10.9. The molecule has 0 aromatic carbocycles. The fourth-order valence-corrected chi connectivity index (χ4v) is 1.34. The number of unbranched alkanes of at least 4 members (excludes halogenated alkanes) is 2. The first-order valence-corrected chi connectivity index (χ1v) is 4.94. The number of carbonyl (C=O) groups is 1. The molecule has 0 bridgehead atoms. The normalized spacial score (nSPS) is 10.1. The monoisotopic (exact) mass is 193 g/mol. The first kappa shape index (κ1) is 10.8. The molecule has 1 heterocycles. The van der Waals surface area contributed by atoms with Crippen LogP contribution in [0.2, 0.25) is 0 Å². The Kier molecular flexibility index (Phi) is 4.16. The standard InChI is InChI=1S/C10H15N3O/c1-3-4-5-6-9-7-11-13-12-10(9)8(2)14/h7H,3-6H2,1-2H3. The molecular weight excluding hydrogens is 178 g/mol. The highest BCUT2D eigenvalue weighted by Crippen LogP contribution is 2.08. The average Bonchev–Trinajstić information content (AvgIpc) is 2.19. The fraction of sp³-hybridized carbons (Fsp3) is 0.600. The number of carbonyl (C=O) groups excluding carboxylic acids is 1. The molecule has 0 unspecified atom stereocenters. The molecule has 0 radical (unpaired) electrons. The zero-order valence-electron chi connectivity index (χ0n) is 8.66. The third-order valence-electron chi connectivity index (χ3n) is 2.10. The van der Waals surface area contributed by atoms with Gasteiger partial charge in [-0.05, 0) is 18.1 Å². The smallest absolute Gasteiger partial charge is 0.180 e. The average molecular weight is 193 g/mol. The summed E-state index contributed by atoms with van der Waals surface area (Å²) in [4.78, 5) is 11.2. The molecule has 0 N–H and O–H groups in total. The number of hydrogen-bond acceptors (Lipinski definition) is 4. The van der Waals surface area contributed by atoms with E-state index in [0.717, 1.165) is 18.4 Å². The molecule has 0 saturated heterocycles. The maximum Gasteiger partial charge on any atom is 0.180 e. The topological polar surface area (TPSA) is 55.7 Å². The number of Topliss-reactive ketones (excluding diaryl/α,β-unsaturated/α-hetero) is 1. The summed E-state index contributed by atoms with van der Waals surface area (Å²) < 4.78 is 0. The van der Waals surface area contributed by atoms with E-state index in [0.29, 0.717) is 5.69 Å². The van der Waals surface area contributed by atoms with Crippen molar-refractivity contribution in [1.82, 2.24) is 15.4 Å². The lowest BCUT2D eigenvalue weighted by Crippen LogP contribution is -2.06. The van der Waals surface area contributed by atoms with Crippen LogP contribution < -0.4 is 0 Å². The molecule has 0 aliphatic rings. The van der Waals surface area contributed by atoms with Crippen LogP contribution in [0, 0.1) is 0 Å². The lowest BCUT2D eigenvalue weighted by molar-refractivity contribution is 0.101. The molecule has 0 saturated carbocycles. The van der Waals surface area contributed by atoms with Crippen molar-refractivity contribution >= 4 is 5.78 Å². The molecule has 1 aromatic rings. The summed E-state index contributed by atoms with van der Waals surface area (Å²) in [7, 11) is 0. The highest BCUT2D eigenvalue weighted by Gasteiger charge is 2.08. The van der Waals surface area contributed by atoms with Gasteiger partial charge in [-0.2, -0.15) is 0 Å². The van der Waals surface area contributed by atoms with Gasteiger partial charge in [0.1, 0.15) is 5.69 Å². The van der Waals surface area contributed by atoms with Crippen LogP contribution >= 0.6 is 0 Å². The number of ketones is 1. The number of nitrogens with zero attached hydrogens (tertiary/aromatic N) is 3. The van der Waals surface area contributed by atoms with Crippen molar-refractivity contribution in [1.29, 1.82) is 0 Å². The molecule has 0 spiro atoms. The van der Waals surface area contributed by atoms with Gasteiger partial charge in [-0.15, -0.1) is 10.2 Å². The summed E-state index contributed by atoms with van der Waals surface area (Å²) in [6, 6.07) is 0. The molecule has 14 heavy (non-hydrogen) atoms. The highest BCUT2D eigenvalue weighted by molar-refractivity contribution is 5.93. The van der Waals surface area contributed by atoms with E-state index in [1.165, 1.54) is 19.8 Å². The Hall–Kier alpha value is -1.32. The van der Waals surface area contributed by atoms with Gasteiger partial charge in [0.15, 0.2) is 5.78 Å². The molecule has 0 fully saturated rings. The van der Waals surface area contributed by atoms with Crippen molar-refractivity contribution < 1.29 is 4.79 Å². The van der Waals surface area contributed by atoms with Crippen LogP contribution in [0.1, 0.15) is 49.2 Å². The highest BCUT2D eigenvalue weighted by atomic mass is 16.1. The second kappa shape index (κ2) is 5.42. The van der Waals surface area contributed by atoms with Crippen molar-refractivity contribution in [3.63, 3.8) is 0 Å². The van der Waals surface area contributed by atoms with Crippen molar-refractivity contribution in [2.75, 3.05) is 0 Å². The summed E-state index contributed by atoms with van der Waals surface area (Å²) in [6.45, 7) is 3.66. The zero-order chi connectivity index (χ0) is 10.4. The second-order valence-corrected chi connectivity index (χ2v) is 3.32. The van der Waals surface area contributed by atoms with E-state index in [4.69, 9.17) is 0 Å². The van der Waals surface area contributed by atoms with E-state index in [9.17, 15) is 4.79 Å². The van der Waals surface area contributed by atoms with Crippen LogP contribution in [-0.4, -0.2) is 21.2 Å². The van der Waals surface area contributed by atoms with Crippen molar-refractivity contribution in [3.8, 4) is 0 Å². The van der Waals surface area contributed by atoms with Gasteiger partial charge in [-0.1, -0.05) is 19.8 Å². The van der Waals surface area contributed by atoms with E-state index in [2.05, 4.69) is 22.3 Å². The van der Waals surface area contributed by atoms with Crippen molar-refractivity contribution in [3.05, 3.63) is 17.5 Å². The minimum atomic E-state index is -0.0357. The number of hydrogen-bond donors (Lipinski definition) is 0.